The van der Waals surface area contributed by atoms with Gasteiger partial charge in [0.1, 0.15) is 11.7 Å². The molecule has 0 bridgehead atoms. The molecule has 0 aliphatic heterocycles. The molecule has 6 N–H and O–H groups in total. The van der Waals surface area contributed by atoms with Gasteiger partial charge in [0, 0.05) is 29.8 Å². The van der Waals surface area contributed by atoms with Crippen molar-refractivity contribution in [3.63, 3.8) is 0 Å². The minimum atomic E-state index is -0.982. The molecule has 0 atom stereocenters. The van der Waals surface area contributed by atoms with E-state index in [1.54, 1.807) is 42.5 Å². The molecule has 0 saturated carbocycles. The number of rotatable bonds is 8. The average Bonchev–Trinajstić information content (AvgIpc) is 3.05. The molecular formula is C20H21N5O4. The van der Waals surface area contributed by atoms with Crippen molar-refractivity contribution in [2.24, 2.45) is 5.73 Å². The number of aromatic nitrogens is 2. The fourth-order valence-corrected chi connectivity index (χ4v) is 3.00. The van der Waals surface area contributed by atoms with E-state index in [0.717, 1.165) is 11.1 Å². The molecule has 0 aliphatic carbocycles. The Balaban J connectivity index is 1.96. The summed E-state index contributed by atoms with van der Waals surface area (Å²) in [5.74, 6) is -0.771. The first-order valence-electron chi connectivity index (χ1n) is 8.96. The molecule has 2 aromatic carbocycles. The van der Waals surface area contributed by atoms with Gasteiger partial charge in [0.2, 0.25) is 0 Å². The number of aliphatic hydroxyl groups is 1. The fourth-order valence-electron chi connectivity index (χ4n) is 3.00. The first kappa shape index (κ1) is 20.0. The predicted octanol–water partition coefficient (Wildman–Crippen LogP) is 1.18. The number of fused-ring (bicyclic) bond motifs is 1. The molecule has 9 nitrogen and oxygen atoms in total. The van der Waals surface area contributed by atoms with Gasteiger partial charge >= 0.3 is 5.97 Å². The summed E-state index contributed by atoms with van der Waals surface area (Å²) in [5.41, 5.74) is 8.58. The number of carbonyl (C=O) groups is 2. The first-order valence-corrected chi connectivity index (χ1v) is 8.96. The third-order valence-electron chi connectivity index (χ3n) is 4.41. The lowest BCUT2D eigenvalue weighted by atomic mass is 10.1. The number of hydrogen-bond acceptors (Lipinski definition) is 5. The predicted molar refractivity (Wildman–Crippen MR) is 108 cm³/mol. The van der Waals surface area contributed by atoms with Crippen LogP contribution < -0.4 is 11.1 Å². The Morgan fingerprint density at radius 1 is 1.14 bits per heavy atom. The van der Waals surface area contributed by atoms with Crippen molar-refractivity contribution >= 4 is 28.7 Å². The van der Waals surface area contributed by atoms with Crippen molar-refractivity contribution in [3.05, 3.63) is 53.6 Å². The van der Waals surface area contributed by atoms with Gasteiger partial charge in [0.25, 0.3) is 5.91 Å². The summed E-state index contributed by atoms with van der Waals surface area (Å²) in [6, 6.07) is 12.1. The van der Waals surface area contributed by atoms with E-state index < -0.39 is 5.97 Å². The number of amides is 1. The maximum absolute atomic E-state index is 12.2. The van der Waals surface area contributed by atoms with Gasteiger partial charge in [-0.3, -0.25) is 15.0 Å². The van der Waals surface area contributed by atoms with Crippen LogP contribution in [0.2, 0.25) is 0 Å². The number of imidazole rings is 1. The molecule has 1 amide bonds. The molecule has 150 valence electrons. The highest BCUT2D eigenvalue weighted by molar-refractivity contribution is 5.98. The van der Waals surface area contributed by atoms with E-state index in [-0.39, 0.29) is 31.3 Å². The molecule has 0 spiro atoms. The van der Waals surface area contributed by atoms with Crippen LogP contribution >= 0.6 is 0 Å². The number of aliphatic hydroxyl groups excluding tert-OH is 1. The number of hydrogen-bond donors (Lipinski definition) is 5. The van der Waals surface area contributed by atoms with Crippen LogP contribution in [0.1, 0.15) is 22.3 Å². The smallest absolute Gasteiger partial charge is 0.305 e. The van der Waals surface area contributed by atoms with Gasteiger partial charge < -0.3 is 25.8 Å². The largest absolute Gasteiger partial charge is 0.481 e. The number of nitrogens with two attached hydrogens (primary N) is 1. The number of amidine groups is 1. The molecular weight excluding hydrogens is 374 g/mol. The van der Waals surface area contributed by atoms with Crippen LogP contribution in [0, 0.1) is 5.41 Å². The highest BCUT2D eigenvalue weighted by Gasteiger charge is 2.15. The molecule has 3 aromatic rings. The van der Waals surface area contributed by atoms with E-state index in [1.807, 2.05) is 4.57 Å². The Kier molecular flexibility index (Phi) is 5.89. The summed E-state index contributed by atoms with van der Waals surface area (Å²) >= 11 is 0. The van der Waals surface area contributed by atoms with E-state index in [2.05, 4.69) is 10.3 Å². The van der Waals surface area contributed by atoms with Gasteiger partial charge in [-0.2, -0.15) is 0 Å². The highest BCUT2D eigenvalue weighted by Crippen LogP contribution is 2.26. The van der Waals surface area contributed by atoms with Crippen molar-refractivity contribution in [1.82, 2.24) is 14.9 Å². The molecule has 29 heavy (non-hydrogen) atoms. The summed E-state index contributed by atoms with van der Waals surface area (Å²) in [7, 11) is 0. The number of carboxylic acid groups (broad SMARTS) is 1. The molecule has 0 radical (unpaired) electrons. The third kappa shape index (κ3) is 4.41. The van der Waals surface area contributed by atoms with Crippen LogP contribution in [0.3, 0.4) is 0 Å². The average molecular weight is 395 g/mol. The van der Waals surface area contributed by atoms with Crippen molar-refractivity contribution in [2.45, 2.75) is 13.0 Å². The standard InChI is InChI=1S/C20H21N5O4/c21-18(22)12-1-3-13(4-2-12)19-24-15-11-14(20(29)23-8-7-17(27)28)5-6-16(15)25(19)9-10-26/h1-6,11,26H,7-10H2,(H3,21,22)(H,23,29)(H,27,28). The fraction of sp³-hybridized carbons (Fsp3) is 0.200. The number of carbonyl (C=O) groups excluding carboxylic acids is 1. The number of nitrogens with zero attached hydrogens (tertiary/aromatic N) is 2. The van der Waals surface area contributed by atoms with Gasteiger partial charge in [0.05, 0.1) is 24.1 Å². The van der Waals surface area contributed by atoms with Crippen LogP contribution in [0.5, 0.6) is 0 Å². The first-order chi connectivity index (χ1) is 13.9. The van der Waals surface area contributed by atoms with E-state index in [0.29, 0.717) is 29.0 Å². The number of nitrogens with one attached hydrogen (secondary N) is 2. The van der Waals surface area contributed by atoms with E-state index in [4.69, 9.17) is 16.2 Å². The zero-order valence-electron chi connectivity index (χ0n) is 15.6. The second kappa shape index (κ2) is 8.53. The third-order valence-corrected chi connectivity index (χ3v) is 4.41. The Hall–Kier alpha value is -3.72. The number of aliphatic carboxylic acids is 1. The Labute approximate surface area is 166 Å². The zero-order valence-corrected chi connectivity index (χ0v) is 15.6. The molecule has 1 heterocycles. The summed E-state index contributed by atoms with van der Waals surface area (Å²) < 4.78 is 1.85. The Morgan fingerprint density at radius 3 is 2.45 bits per heavy atom. The van der Waals surface area contributed by atoms with Gasteiger partial charge in [-0.1, -0.05) is 24.3 Å². The monoisotopic (exact) mass is 395 g/mol. The lowest BCUT2D eigenvalue weighted by Crippen LogP contribution is -2.25. The quantitative estimate of drug-likeness (QED) is 0.285. The Morgan fingerprint density at radius 2 is 1.83 bits per heavy atom. The second-order valence-electron chi connectivity index (χ2n) is 6.40. The lowest BCUT2D eigenvalue weighted by molar-refractivity contribution is -0.136. The van der Waals surface area contributed by atoms with E-state index >= 15 is 0 Å². The Bertz CT molecular complexity index is 1070. The summed E-state index contributed by atoms with van der Waals surface area (Å²) in [5, 5.41) is 28.2. The van der Waals surface area contributed by atoms with Crippen molar-refractivity contribution < 1.29 is 19.8 Å². The SMILES string of the molecule is N=C(N)c1ccc(-c2nc3cc(C(=O)NCCC(=O)O)ccc3n2CCO)cc1. The maximum Gasteiger partial charge on any atom is 0.305 e. The van der Waals surface area contributed by atoms with Gasteiger partial charge in [-0.25, -0.2) is 4.98 Å². The molecule has 0 saturated heterocycles. The minimum absolute atomic E-state index is 0.0287. The zero-order chi connectivity index (χ0) is 21.0. The van der Waals surface area contributed by atoms with Crippen molar-refractivity contribution in [2.75, 3.05) is 13.2 Å². The van der Waals surface area contributed by atoms with Gasteiger partial charge in [-0.15, -0.1) is 0 Å². The van der Waals surface area contributed by atoms with Crippen LogP contribution in [0.25, 0.3) is 22.4 Å². The molecule has 0 unspecified atom stereocenters. The normalized spacial score (nSPS) is 10.8. The number of benzene rings is 2. The number of carboxylic acids is 1. The molecule has 3 rings (SSSR count). The van der Waals surface area contributed by atoms with Gasteiger partial charge in [-0.05, 0) is 18.2 Å². The molecule has 1 aromatic heterocycles. The second-order valence-corrected chi connectivity index (χ2v) is 6.40. The van der Waals surface area contributed by atoms with Crippen LogP contribution in [0.4, 0.5) is 0 Å². The van der Waals surface area contributed by atoms with Crippen molar-refractivity contribution in [3.8, 4) is 11.4 Å². The maximum atomic E-state index is 12.2. The number of nitrogen functional groups attached to an aromatic ring is 1. The van der Waals surface area contributed by atoms with Crippen molar-refractivity contribution in [1.29, 1.82) is 5.41 Å². The highest BCUT2D eigenvalue weighted by atomic mass is 16.4. The van der Waals surface area contributed by atoms with Crippen LogP contribution in [0.15, 0.2) is 42.5 Å². The van der Waals surface area contributed by atoms with E-state index in [9.17, 15) is 14.7 Å². The van der Waals surface area contributed by atoms with Crippen LogP contribution in [-0.2, 0) is 11.3 Å². The summed E-state index contributed by atoms with van der Waals surface area (Å²) in [4.78, 5) is 27.5. The molecule has 0 fully saturated rings. The molecule has 0 aliphatic rings. The topological polar surface area (TPSA) is 154 Å². The summed E-state index contributed by atoms with van der Waals surface area (Å²) in [6.07, 6.45) is -0.153. The lowest BCUT2D eigenvalue weighted by Gasteiger charge is -2.08. The summed E-state index contributed by atoms with van der Waals surface area (Å²) in [6.45, 7) is 0.283. The van der Waals surface area contributed by atoms with E-state index in [1.165, 1.54) is 0 Å². The minimum Gasteiger partial charge on any atom is -0.481 e. The van der Waals surface area contributed by atoms with Crippen LogP contribution in [-0.4, -0.2) is 50.6 Å². The van der Waals surface area contributed by atoms with Gasteiger partial charge in [0.15, 0.2) is 0 Å². The molecule has 9 heteroatoms.